The standard InChI is InChI=1S/C10H6BrNO4/c11-5-8(13)16-12-9(14)6-3-1-2-4-7(6)10(12)15/h1-4H,5H2. The Hall–Kier alpha value is -1.69. The van der Waals surface area contributed by atoms with Crippen molar-refractivity contribution in [3.8, 4) is 0 Å². The SMILES string of the molecule is O=C(CBr)ON1C(=O)c2ccccc2C1=O. The van der Waals surface area contributed by atoms with Gasteiger partial charge in [0.25, 0.3) is 11.8 Å². The quantitative estimate of drug-likeness (QED) is 0.603. The minimum atomic E-state index is -0.700. The predicted octanol–water partition coefficient (Wildman–Crippen LogP) is 1.14. The van der Waals surface area contributed by atoms with Gasteiger partial charge < -0.3 is 4.84 Å². The second-order valence-corrected chi connectivity index (χ2v) is 3.61. The van der Waals surface area contributed by atoms with E-state index in [1.54, 1.807) is 12.1 Å². The number of amides is 2. The fraction of sp³-hybridized carbons (Fsp3) is 0.100. The maximum absolute atomic E-state index is 11.7. The van der Waals surface area contributed by atoms with Gasteiger partial charge in [-0.05, 0) is 12.1 Å². The molecule has 0 fully saturated rings. The lowest BCUT2D eigenvalue weighted by atomic mass is 10.1. The molecule has 0 bridgehead atoms. The topological polar surface area (TPSA) is 63.7 Å². The molecule has 0 radical (unpaired) electrons. The molecule has 5 nitrogen and oxygen atoms in total. The highest BCUT2D eigenvalue weighted by atomic mass is 79.9. The Bertz CT molecular complexity index is 450. The molecule has 0 N–H and O–H groups in total. The second kappa shape index (κ2) is 4.05. The maximum Gasteiger partial charge on any atom is 0.343 e. The number of benzene rings is 1. The fourth-order valence-corrected chi connectivity index (χ4v) is 1.48. The number of hydroxylamine groups is 2. The summed E-state index contributed by atoms with van der Waals surface area (Å²) in [5, 5.41) is 0.397. The van der Waals surface area contributed by atoms with Crippen molar-refractivity contribution in [2.24, 2.45) is 0 Å². The van der Waals surface area contributed by atoms with Crippen molar-refractivity contribution < 1.29 is 19.2 Å². The van der Waals surface area contributed by atoms with Crippen molar-refractivity contribution in [1.82, 2.24) is 5.06 Å². The van der Waals surface area contributed by atoms with Gasteiger partial charge in [0, 0.05) is 0 Å². The van der Waals surface area contributed by atoms with E-state index in [1.165, 1.54) is 12.1 Å². The molecule has 0 saturated carbocycles. The van der Waals surface area contributed by atoms with Crippen LogP contribution >= 0.6 is 15.9 Å². The van der Waals surface area contributed by atoms with Gasteiger partial charge in [0.1, 0.15) is 5.33 Å². The molecule has 0 aromatic heterocycles. The number of hydrogen-bond donors (Lipinski definition) is 0. The molecule has 82 valence electrons. The van der Waals surface area contributed by atoms with E-state index in [0.717, 1.165) is 0 Å². The van der Waals surface area contributed by atoms with E-state index in [0.29, 0.717) is 5.06 Å². The van der Waals surface area contributed by atoms with Crippen molar-refractivity contribution in [2.45, 2.75) is 0 Å². The number of nitrogens with zero attached hydrogens (tertiary/aromatic N) is 1. The van der Waals surface area contributed by atoms with Crippen LogP contribution in [0.15, 0.2) is 24.3 Å². The van der Waals surface area contributed by atoms with E-state index in [9.17, 15) is 14.4 Å². The van der Waals surface area contributed by atoms with Crippen LogP contribution in [-0.2, 0) is 9.63 Å². The van der Waals surface area contributed by atoms with Crippen LogP contribution in [0.25, 0.3) is 0 Å². The summed E-state index contributed by atoms with van der Waals surface area (Å²) in [6, 6.07) is 6.30. The van der Waals surface area contributed by atoms with Crippen LogP contribution in [0.4, 0.5) is 0 Å². The monoisotopic (exact) mass is 283 g/mol. The minimum Gasteiger partial charge on any atom is -0.329 e. The number of hydrogen-bond acceptors (Lipinski definition) is 4. The van der Waals surface area contributed by atoms with Gasteiger partial charge in [-0.3, -0.25) is 9.59 Å². The fourth-order valence-electron chi connectivity index (χ4n) is 1.38. The summed E-state index contributed by atoms with van der Waals surface area (Å²) in [5.74, 6) is -1.93. The lowest BCUT2D eigenvalue weighted by Crippen LogP contribution is -2.33. The molecule has 0 saturated heterocycles. The van der Waals surface area contributed by atoms with E-state index >= 15 is 0 Å². The van der Waals surface area contributed by atoms with Gasteiger partial charge in [-0.1, -0.05) is 33.1 Å². The molecule has 0 unspecified atom stereocenters. The highest BCUT2D eigenvalue weighted by Crippen LogP contribution is 2.22. The van der Waals surface area contributed by atoms with Crippen molar-refractivity contribution in [3.05, 3.63) is 35.4 Å². The van der Waals surface area contributed by atoms with Gasteiger partial charge in [-0.2, -0.15) is 0 Å². The summed E-state index contributed by atoms with van der Waals surface area (Å²) >= 11 is 2.87. The number of alkyl halides is 1. The molecule has 1 heterocycles. The lowest BCUT2D eigenvalue weighted by Gasteiger charge is -2.11. The molecule has 1 aliphatic rings. The Kier molecular flexibility index (Phi) is 2.74. The summed E-state index contributed by atoms with van der Waals surface area (Å²) in [5.41, 5.74) is 0.491. The van der Waals surface area contributed by atoms with E-state index < -0.39 is 17.8 Å². The van der Waals surface area contributed by atoms with Crippen LogP contribution in [0.3, 0.4) is 0 Å². The molecule has 2 rings (SSSR count). The van der Waals surface area contributed by atoms with Gasteiger partial charge in [-0.25, -0.2) is 4.79 Å². The zero-order valence-electron chi connectivity index (χ0n) is 7.97. The van der Waals surface area contributed by atoms with Crippen molar-refractivity contribution in [3.63, 3.8) is 0 Å². The third kappa shape index (κ3) is 1.61. The van der Waals surface area contributed by atoms with E-state index in [2.05, 4.69) is 20.8 Å². The predicted molar refractivity (Wildman–Crippen MR) is 56.8 cm³/mol. The molecule has 1 aliphatic heterocycles. The number of fused-ring (bicyclic) bond motifs is 1. The van der Waals surface area contributed by atoms with Crippen LogP contribution in [0.5, 0.6) is 0 Å². The molecule has 0 atom stereocenters. The summed E-state index contributed by atoms with van der Waals surface area (Å²) in [6.07, 6.45) is 0. The normalized spacial score (nSPS) is 13.9. The van der Waals surface area contributed by atoms with Crippen LogP contribution in [0.1, 0.15) is 20.7 Å². The molecule has 16 heavy (non-hydrogen) atoms. The van der Waals surface area contributed by atoms with E-state index in [4.69, 9.17) is 0 Å². The highest BCUT2D eigenvalue weighted by Gasteiger charge is 2.38. The number of carbonyl (C=O) groups excluding carboxylic acids is 3. The summed E-state index contributed by atoms with van der Waals surface area (Å²) in [7, 11) is 0. The molecule has 0 spiro atoms. The summed E-state index contributed by atoms with van der Waals surface area (Å²) in [6.45, 7) is 0. The number of carbonyl (C=O) groups is 3. The van der Waals surface area contributed by atoms with Gasteiger partial charge in [0.2, 0.25) is 0 Å². The lowest BCUT2D eigenvalue weighted by molar-refractivity contribution is -0.164. The van der Waals surface area contributed by atoms with Crippen LogP contribution in [0.2, 0.25) is 0 Å². The van der Waals surface area contributed by atoms with Crippen LogP contribution < -0.4 is 0 Å². The Morgan fingerprint density at radius 1 is 1.19 bits per heavy atom. The Labute approximate surface area is 99.1 Å². The first kappa shape index (κ1) is 10.8. The largest absolute Gasteiger partial charge is 0.343 e. The first-order valence-electron chi connectivity index (χ1n) is 4.39. The van der Waals surface area contributed by atoms with Gasteiger partial charge in [0.05, 0.1) is 11.1 Å². The first-order valence-corrected chi connectivity index (χ1v) is 5.52. The van der Waals surface area contributed by atoms with Crippen LogP contribution in [0, 0.1) is 0 Å². The van der Waals surface area contributed by atoms with Crippen LogP contribution in [-0.4, -0.2) is 28.2 Å². The molecule has 0 aliphatic carbocycles. The van der Waals surface area contributed by atoms with Crippen molar-refractivity contribution in [2.75, 3.05) is 5.33 Å². The Balaban J connectivity index is 2.32. The molecule has 1 aromatic rings. The number of rotatable bonds is 2. The van der Waals surface area contributed by atoms with Gasteiger partial charge in [-0.15, -0.1) is 0 Å². The number of imide groups is 1. The van der Waals surface area contributed by atoms with Gasteiger partial charge >= 0.3 is 5.97 Å². The van der Waals surface area contributed by atoms with E-state index in [-0.39, 0.29) is 16.5 Å². The third-order valence-corrected chi connectivity index (χ3v) is 2.52. The van der Waals surface area contributed by atoms with Crippen molar-refractivity contribution in [1.29, 1.82) is 0 Å². The van der Waals surface area contributed by atoms with Gasteiger partial charge in [0.15, 0.2) is 0 Å². The first-order chi connectivity index (χ1) is 7.65. The zero-order valence-corrected chi connectivity index (χ0v) is 9.56. The molecular formula is C10H6BrNO4. The maximum atomic E-state index is 11.7. The second-order valence-electron chi connectivity index (χ2n) is 3.05. The Morgan fingerprint density at radius 3 is 2.12 bits per heavy atom. The molecular weight excluding hydrogens is 278 g/mol. The third-order valence-electron chi connectivity index (χ3n) is 2.06. The summed E-state index contributed by atoms with van der Waals surface area (Å²) < 4.78 is 0. The molecule has 6 heteroatoms. The van der Waals surface area contributed by atoms with E-state index in [1.807, 2.05) is 0 Å². The average Bonchev–Trinajstić information content (AvgIpc) is 2.55. The molecule has 1 aromatic carbocycles. The zero-order chi connectivity index (χ0) is 11.7. The summed E-state index contributed by atoms with van der Waals surface area (Å²) in [4.78, 5) is 39.0. The molecule has 2 amide bonds. The highest BCUT2D eigenvalue weighted by molar-refractivity contribution is 9.09. The smallest absolute Gasteiger partial charge is 0.329 e. The average molecular weight is 284 g/mol. The Morgan fingerprint density at radius 2 is 1.69 bits per heavy atom. The van der Waals surface area contributed by atoms with Crippen molar-refractivity contribution >= 4 is 33.7 Å². The minimum absolute atomic E-state index is 0.0829. The number of halogens is 1.